The minimum Gasteiger partial charge on any atom is -0.481 e. The molecule has 2 amide bonds. The van der Waals surface area contributed by atoms with E-state index in [1.165, 1.54) is 4.90 Å². The number of rotatable bonds is 6. The molecular formula is C12H18N2O4. The van der Waals surface area contributed by atoms with E-state index in [1.807, 2.05) is 4.90 Å². The molecule has 1 aliphatic heterocycles. The second kappa shape index (κ2) is 5.06. The van der Waals surface area contributed by atoms with Crippen LogP contribution in [0.3, 0.4) is 0 Å². The summed E-state index contributed by atoms with van der Waals surface area (Å²) in [5.41, 5.74) is 0. The quantitative estimate of drug-likeness (QED) is 0.679. The summed E-state index contributed by atoms with van der Waals surface area (Å²) in [5.74, 6) is -1.18. The van der Waals surface area contributed by atoms with Crippen LogP contribution in [-0.2, 0) is 14.4 Å². The molecule has 2 aliphatic rings. The standard InChI is InChI=1S/C12H18N2O4/c1-2-13-10(15)7-9(12(13)18)14(8-3-4-8)6-5-11(16)17/h8-9H,2-7H2,1H3,(H,16,17). The molecule has 1 atom stereocenters. The Morgan fingerprint density at radius 3 is 2.56 bits per heavy atom. The lowest BCUT2D eigenvalue weighted by Gasteiger charge is -2.26. The van der Waals surface area contributed by atoms with E-state index in [1.54, 1.807) is 6.92 Å². The third kappa shape index (κ3) is 2.53. The van der Waals surface area contributed by atoms with Crippen molar-refractivity contribution in [2.24, 2.45) is 0 Å². The van der Waals surface area contributed by atoms with Gasteiger partial charge in [-0.05, 0) is 19.8 Å². The number of likely N-dealkylation sites (tertiary alicyclic amines) is 1. The molecule has 0 aromatic rings. The molecule has 1 N–H and O–H groups in total. The first-order chi connectivity index (χ1) is 8.54. The molecule has 1 aliphatic carbocycles. The highest BCUT2D eigenvalue weighted by molar-refractivity contribution is 6.05. The Bertz CT molecular complexity index is 378. The van der Waals surface area contributed by atoms with E-state index in [4.69, 9.17) is 5.11 Å². The first-order valence-corrected chi connectivity index (χ1v) is 6.36. The molecule has 100 valence electrons. The van der Waals surface area contributed by atoms with Crippen LogP contribution in [0.15, 0.2) is 0 Å². The van der Waals surface area contributed by atoms with E-state index < -0.39 is 12.0 Å². The van der Waals surface area contributed by atoms with Crippen molar-refractivity contribution in [3.8, 4) is 0 Å². The molecule has 2 rings (SSSR count). The van der Waals surface area contributed by atoms with Crippen LogP contribution in [0.4, 0.5) is 0 Å². The van der Waals surface area contributed by atoms with Crippen LogP contribution in [0.5, 0.6) is 0 Å². The zero-order valence-corrected chi connectivity index (χ0v) is 10.5. The summed E-state index contributed by atoms with van der Waals surface area (Å²) >= 11 is 0. The van der Waals surface area contributed by atoms with Gasteiger partial charge in [0, 0.05) is 19.1 Å². The van der Waals surface area contributed by atoms with Gasteiger partial charge in [0.25, 0.3) is 0 Å². The fourth-order valence-electron chi connectivity index (χ4n) is 2.48. The molecule has 1 heterocycles. The number of likely N-dealkylation sites (N-methyl/N-ethyl adjacent to an activating group) is 1. The number of carbonyl (C=O) groups excluding carboxylic acids is 2. The summed E-state index contributed by atoms with van der Waals surface area (Å²) in [4.78, 5) is 37.6. The zero-order valence-electron chi connectivity index (χ0n) is 10.5. The molecule has 2 fully saturated rings. The molecule has 0 spiro atoms. The van der Waals surface area contributed by atoms with Gasteiger partial charge in [0.1, 0.15) is 0 Å². The molecular weight excluding hydrogens is 236 g/mol. The Hall–Kier alpha value is -1.43. The third-order valence-electron chi connectivity index (χ3n) is 3.54. The topological polar surface area (TPSA) is 77.9 Å². The van der Waals surface area contributed by atoms with E-state index in [9.17, 15) is 14.4 Å². The van der Waals surface area contributed by atoms with Crippen molar-refractivity contribution in [3.63, 3.8) is 0 Å². The van der Waals surface area contributed by atoms with Gasteiger partial charge >= 0.3 is 5.97 Å². The Morgan fingerprint density at radius 2 is 2.11 bits per heavy atom. The summed E-state index contributed by atoms with van der Waals surface area (Å²) in [7, 11) is 0. The van der Waals surface area contributed by atoms with Gasteiger partial charge in [-0.2, -0.15) is 0 Å². The van der Waals surface area contributed by atoms with Gasteiger partial charge in [0.05, 0.1) is 18.9 Å². The summed E-state index contributed by atoms with van der Waals surface area (Å²) in [6.07, 6.45) is 2.19. The molecule has 18 heavy (non-hydrogen) atoms. The van der Waals surface area contributed by atoms with Crippen molar-refractivity contribution in [3.05, 3.63) is 0 Å². The van der Waals surface area contributed by atoms with Crippen LogP contribution in [0.1, 0.15) is 32.6 Å². The number of carboxylic acids is 1. The average molecular weight is 254 g/mol. The number of amides is 2. The summed E-state index contributed by atoms with van der Waals surface area (Å²) in [5, 5.41) is 8.73. The molecule has 0 bridgehead atoms. The van der Waals surface area contributed by atoms with Gasteiger partial charge in [-0.25, -0.2) is 0 Å². The molecule has 6 nitrogen and oxygen atoms in total. The number of hydrogen-bond acceptors (Lipinski definition) is 4. The number of imide groups is 1. The van der Waals surface area contributed by atoms with Crippen LogP contribution >= 0.6 is 0 Å². The average Bonchev–Trinajstić information content (AvgIpc) is 3.08. The molecule has 0 radical (unpaired) electrons. The van der Waals surface area contributed by atoms with Crippen molar-refractivity contribution in [2.45, 2.75) is 44.7 Å². The van der Waals surface area contributed by atoms with Crippen LogP contribution in [0.2, 0.25) is 0 Å². The van der Waals surface area contributed by atoms with Crippen molar-refractivity contribution in [2.75, 3.05) is 13.1 Å². The smallest absolute Gasteiger partial charge is 0.304 e. The maximum absolute atomic E-state index is 12.1. The fourth-order valence-corrected chi connectivity index (χ4v) is 2.48. The Labute approximate surface area is 106 Å². The zero-order chi connectivity index (χ0) is 13.3. The van der Waals surface area contributed by atoms with Crippen LogP contribution < -0.4 is 0 Å². The normalized spacial score (nSPS) is 24.1. The first-order valence-electron chi connectivity index (χ1n) is 6.36. The second-order valence-electron chi connectivity index (χ2n) is 4.81. The Kier molecular flexibility index (Phi) is 3.65. The van der Waals surface area contributed by atoms with Crippen molar-refractivity contribution < 1.29 is 19.5 Å². The molecule has 1 unspecified atom stereocenters. The van der Waals surface area contributed by atoms with Gasteiger partial charge in [-0.1, -0.05) is 0 Å². The maximum Gasteiger partial charge on any atom is 0.304 e. The predicted molar refractivity (Wildman–Crippen MR) is 62.8 cm³/mol. The second-order valence-corrected chi connectivity index (χ2v) is 4.81. The number of carbonyl (C=O) groups is 3. The molecule has 0 aromatic carbocycles. The highest BCUT2D eigenvalue weighted by Crippen LogP contribution is 2.32. The van der Waals surface area contributed by atoms with E-state index >= 15 is 0 Å². The van der Waals surface area contributed by atoms with Crippen molar-refractivity contribution >= 4 is 17.8 Å². The van der Waals surface area contributed by atoms with E-state index in [0.717, 1.165) is 12.8 Å². The van der Waals surface area contributed by atoms with E-state index in [-0.39, 0.29) is 30.7 Å². The highest BCUT2D eigenvalue weighted by atomic mass is 16.4. The monoisotopic (exact) mass is 254 g/mol. The minimum absolute atomic E-state index is 0.0145. The lowest BCUT2D eigenvalue weighted by Crippen LogP contribution is -2.44. The number of carboxylic acid groups (broad SMARTS) is 1. The molecule has 1 saturated carbocycles. The van der Waals surface area contributed by atoms with Crippen molar-refractivity contribution in [1.29, 1.82) is 0 Å². The highest BCUT2D eigenvalue weighted by Gasteiger charge is 2.45. The largest absolute Gasteiger partial charge is 0.481 e. The summed E-state index contributed by atoms with van der Waals surface area (Å²) in [6, 6.07) is -0.160. The van der Waals surface area contributed by atoms with E-state index in [2.05, 4.69) is 0 Å². The lowest BCUT2D eigenvalue weighted by molar-refractivity contribution is -0.141. The van der Waals surface area contributed by atoms with Gasteiger partial charge < -0.3 is 5.11 Å². The third-order valence-corrected chi connectivity index (χ3v) is 3.54. The minimum atomic E-state index is -0.871. The maximum atomic E-state index is 12.1. The molecule has 1 saturated heterocycles. The van der Waals surface area contributed by atoms with Gasteiger partial charge in [0.2, 0.25) is 11.8 Å². The Morgan fingerprint density at radius 1 is 1.44 bits per heavy atom. The number of hydrogen-bond donors (Lipinski definition) is 1. The van der Waals surface area contributed by atoms with Crippen LogP contribution in [0, 0.1) is 0 Å². The van der Waals surface area contributed by atoms with Gasteiger partial charge in [-0.3, -0.25) is 24.2 Å². The van der Waals surface area contributed by atoms with Gasteiger partial charge in [-0.15, -0.1) is 0 Å². The SMILES string of the molecule is CCN1C(=O)CC(N(CCC(=O)O)C2CC2)C1=O. The Balaban J connectivity index is 2.05. The molecule has 6 heteroatoms. The van der Waals surface area contributed by atoms with Crippen LogP contribution in [-0.4, -0.2) is 57.9 Å². The predicted octanol–water partition coefficient (Wildman–Crippen LogP) is 0.0729. The number of nitrogens with zero attached hydrogens (tertiary/aromatic N) is 2. The van der Waals surface area contributed by atoms with Crippen LogP contribution in [0.25, 0.3) is 0 Å². The van der Waals surface area contributed by atoms with Gasteiger partial charge in [0.15, 0.2) is 0 Å². The summed E-state index contributed by atoms with van der Waals surface area (Å²) in [6.45, 7) is 2.52. The van der Waals surface area contributed by atoms with Crippen molar-refractivity contribution in [1.82, 2.24) is 9.80 Å². The fraction of sp³-hybridized carbons (Fsp3) is 0.750. The molecule has 0 aromatic heterocycles. The number of aliphatic carboxylic acids is 1. The first kappa shape index (κ1) is 13.0. The van der Waals surface area contributed by atoms with E-state index in [0.29, 0.717) is 13.1 Å². The summed E-state index contributed by atoms with van der Waals surface area (Å²) < 4.78 is 0. The lowest BCUT2D eigenvalue weighted by atomic mass is 10.2.